The molecule has 17 heavy (non-hydrogen) atoms. The highest BCUT2D eigenvalue weighted by Crippen LogP contribution is 2.29. The van der Waals surface area contributed by atoms with E-state index in [0.29, 0.717) is 5.92 Å². The molecule has 102 valence electrons. The van der Waals surface area contributed by atoms with Gasteiger partial charge in [-0.15, -0.1) is 0 Å². The summed E-state index contributed by atoms with van der Waals surface area (Å²) in [5.74, 6) is 0.583. The van der Waals surface area contributed by atoms with E-state index in [1.807, 2.05) is 27.7 Å². The molecule has 0 bridgehead atoms. The minimum atomic E-state index is -0.562. The molecule has 3 N–H and O–H groups in total. The standard InChI is InChI=1S/C14H30N2O/c1-8-11(9-2)10(3)16-12(17)13(4,5)14(6,7)15/h10-11H,8-9,15H2,1-7H3,(H,16,17). The minimum absolute atomic E-state index is 0.0457. The summed E-state index contributed by atoms with van der Waals surface area (Å²) >= 11 is 0. The molecule has 0 aromatic heterocycles. The van der Waals surface area contributed by atoms with Crippen LogP contribution in [0.1, 0.15) is 61.3 Å². The number of rotatable bonds is 6. The molecule has 0 saturated heterocycles. The number of amides is 1. The first-order valence-corrected chi connectivity index (χ1v) is 6.67. The third-order valence-corrected chi connectivity index (χ3v) is 4.29. The average molecular weight is 242 g/mol. The summed E-state index contributed by atoms with van der Waals surface area (Å²) in [6.45, 7) is 14.0. The van der Waals surface area contributed by atoms with Gasteiger partial charge in [-0.2, -0.15) is 0 Å². The van der Waals surface area contributed by atoms with Crippen molar-refractivity contribution in [2.75, 3.05) is 0 Å². The Labute approximate surface area is 107 Å². The summed E-state index contributed by atoms with van der Waals surface area (Å²) in [5.41, 5.74) is 4.98. The zero-order valence-electron chi connectivity index (χ0n) is 12.6. The van der Waals surface area contributed by atoms with Crippen LogP contribution in [0.2, 0.25) is 0 Å². The number of hydrogen-bond donors (Lipinski definition) is 2. The van der Waals surface area contributed by atoms with Gasteiger partial charge < -0.3 is 11.1 Å². The largest absolute Gasteiger partial charge is 0.353 e. The van der Waals surface area contributed by atoms with Crippen LogP contribution in [0.25, 0.3) is 0 Å². The lowest BCUT2D eigenvalue weighted by Crippen LogP contribution is -2.57. The first-order chi connectivity index (χ1) is 7.57. The van der Waals surface area contributed by atoms with Gasteiger partial charge in [0.05, 0.1) is 5.41 Å². The highest BCUT2D eigenvalue weighted by atomic mass is 16.2. The van der Waals surface area contributed by atoms with Gasteiger partial charge in [-0.25, -0.2) is 0 Å². The van der Waals surface area contributed by atoms with Gasteiger partial charge in [-0.05, 0) is 40.5 Å². The molecule has 3 heteroatoms. The van der Waals surface area contributed by atoms with Gasteiger partial charge in [-0.3, -0.25) is 4.79 Å². The van der Waals surface area contributed by atoms with Crippen LogP contribution in [0, 0.1) is 11.3 Å². The molecule has 0 heterocycles. The van der Waals surface area contributed by atoms with E-state index >= 15 is 0 Å². The molecule has 0 aromatic rings. The van der Waals surface area contributed by atoms with Gasteiger partial charge in [0.1, 0.15) is 0 Å². The fraction of sp³-hybridized carbons (Fsp3) is 0.929. The summed E-state index contributed by atoms with van der Waals surface area (Å²) in [7, 11) is 0. The van der Waals surface area contributed by atoms with Crippen molar-refractivity contribution in [2.45, 2.75) is 72.9 Å². The molecule has 0 spiro atoms. The summed E-state index contributed by atoms with van der Waals surface area (Å²) < 4.78 is 0. The van der Waals surface area contributed by atoms with Crippen LogP contribution in [-0.2, 0) is 4.79 Å². The molecule has 0 aliphatic rings. The zero-order valence-corrected chi connectivity index (χ0v) is 12.6. The van der Waals surface area contributed by atoms with Gasteiger partial charge in [0.15, 0.2) is 0 Å². The minimum Gasteiger partial charge on any atom is -0.353 e. The fourth-order valence-corrected chi connectivity index (χ4v) is 1.79. The normalized spacial score (nSPS) is 14.9. The lowest BCUT2D eigenvalue weighted by atomic mass is 9.74. The van der Waals surface area contributed by atoms with Crippen molar-refractivity contribution in [3.8, 4) is 0 Å². The summed E-state index contributed by atoms with van der Waals surface area (Å²) in [5, 5.41) is 3.11. The highest BCUT2D eigenvalue weighted by Gasteiger charge is 2.41. The van der Waals surface area contributed by atoms with Gasteiger partial charge in [0.25, 0.3) is 0 Å². The number of hydrogen-bond acceptors (Lipinski definition) is 2. The van der Waals surface area contributed by atoms with Gasteiger partial charge in [0, 0.05) is 11.6 Å². The third-order valence-electron chi connectivity index (χ3n) is 4.29. The maximum Gasteiger partial charge on any atom is 0.227 e. The Morgan fingerprint density at radius 3 is 1.88 bits per heavy atom. The Hall–Kier alpha value is -0.570. The average Bonchev–Trinajstić information content (AvgIpc) is 2.17. The van der Waals surface area contributed by atoms with Crippen LogP contribution >= 0.6 is 0 Å². The van der Waals surface area contributed by atoms with Crippen molar-refractivity contribution in [1.82, 2.24) is 5.32 Å². The Kier molecular flexibility index (Phi) is 5.66. The zero-order chi connectivity index (χ0) is 13.9. The van der Waals surface area contributed by atoms with Gasteiger partial charge in [0.2, 0.25) is 5.91 Å². The molecule has 0 aromatic carbocycles. The fourth-order valence-electron chi connectivity index (χ4n) is 1.79. The van der Waals surface area contributed by atoms with E-state index in [9.17, 15) is 4.79 Å². The molecular weight excluding hydrogens is 212 g/mol. The Morgan fingerprint density at radius 1 is 1.18 bits per heavy atom. The van der Waals surface area contributed by atoms with Crippen molar-refractivity contribution in [3.05, 3.63) is 0 Å². The van der Waals surface area contributed by atoms with Gasteiger partial charge >= 0.3 is 0 Å². The molecule has 1 unspecified atom stereocenters. The van der Waals surface area contributed by atoms with E-state index in [0.717, 1.165) is 12.8 Å². The first kappa shape index (κ1) is 16.4. The van der Waals surface area contributed by atoms with Crippen molar-refractivity contribution in [2.24, 2.45) is 17.1 Å². The number of carbonyl (C=O) groups excluding carboxylic acids is 1. The van der Waals surface area contributed by atoms with Crippen molar-refractivity contribution < 1.29 is 4.79 Å². The summed E-state index contributed by atoms with van der Waals surface area (Å²) in [6.07, 6.45) is 2.18. The van der Waals surface area contributed by atoms with E-state index in [4.69, 9.17) is 5.73 Å². The second kappa shape index (κ2) is 5.85. The summed E-state index contributed by atoms with van der Waals surface area (Å²) in [6, 6.07) is 0.208. The molecule has 0 aliphatic heterocycles. The molecule has 1 amide bonds. The topological polar surface area (TPSA) is 55.1 Å². The SMILES string of the molecule is CCC(CC)C(C)NC(=O)C(C)(C)C(C)(C)N. The van der Waals surface area contributed by atoms with E-state index in [-0.39, 0.29) is 11.9 Å². The predicted octanol–water partition coefficient (Wildman–Crippen LogP) is 2.69. The smallest absolute Gasteiger partial charge is 0.227 e. The van der Waals surface area contributed by atoms with Crippen LogP contribution in [0.5, 0.6) is 0 Å². The predicted molar refractivity (Wildman–Crippen MR) is 73.7 cm³/mol. The summed E-state index contributed by atoms with van der Waals surface area (Å²) in [4.78, 5) is 12.3. The number of nitrogens with one attached hydrogen (secondary N) is 1. The maximum absolute atomic E-state index is 12.3. The Bertz CT molecular complexity index is 249. The Morgan fingerprint density at radius 2 is 1.59 bits per heavy atom. The molecule has 0 fully saturated rings. The second-order valence-corrected chi connectivity index (χ2v) is 6.19. The van der Waals surface area contributed by atoms with Crippen LogP contribution in [-0.4, -0.2) is 17.5 Å². The first-order valence-electron chi connectivity index (χ1n) is 6.67. The van der Waals surface area contributed by atoms with Crippen molar-refractivity contribution in [3.63, 3.8) is 0 Å². The third kappa shape index (κ3) is 3.98. The second-order valence-electron chi connectivity index (χ2n) is 6.19. The van der Waals surface area contributed by atoms with E-state index in [2.05, 4.69) is 26.1 Å². The molecule has 0 rings (SSSR count). The quantitative estimate of drug-likeness (QED) is 0.752. The van der Waals surface area contributed by atoms with Gasteiger partial charge in [-0.1, -0.05) is 26.7 Å². The van der Waals surface area contributed by atoms with Crippen LogP contribution in [0.4, 0.5) is 0 Å². The van der Waals surface area contributed by atoms with Crippen molar-refractivity contribution in [1.29, 1.82) is 0 Å². The monoisotopic (exact) mass is 242 g/mol. The molecule has 3 nitrogen and oxygen atoms in total. The van der Waals surface area contributed by atoms with E-state index in [1.165, 1.54) is 0 Å². The molecular formula is C14H30N2O. The van der Waals surface area contributed by atoms with Crippen LogP contribution in [0.3, 0.4) is 0 Å². The Balaban J connectivity index is 4.65. The molecule has 1 atom stereocenters. The lowest BCUT2D eigenvalue weighted by Gasteiger charge is -2.38. The van der Waals surface area contributed by atoms with Crippen molar-refractivity contribution >= 4 is 5.91 Å². The van der Waals surface area contributed by atoms with E-state index < -0.39 is 11.0 Å². The maximum atomic E-state index is 12.3. The molecule has 0 radical (unpaired) electrons. The highest BCUT2D eigenvalue weighted by molar-refractivity contribution is 5.83. The van der Waals surface area contributed by atoms with Crippen LogP contribution in [0.15, 0.2) is 0 Å². The van der Waals surface area contributed by atoms with E-state index in [1.54, 1.807) is 0 Å². The molecule has 0 aliphatic carbocycles. The lowest BCUT2D eigenvalue weighted by molar-refractivity contribution is -0.133. The number of nitrogens with two attached hydrogens (primary N) is 1. The molecule has 0 saturated carbocycles. The van der Waals surface area contributed by atoms with Crippen LogP contribution < -0.4 is 11.1 Å². The number of carbonyl (C=O) groups is 1.